The van der Waals surface area contributed by atoms with E-state index in [0.29, 0.717) is 0 Å². The van der Waals surface area contributed by atoms with Crippen molar-refractivity contribution in [2.45, 2.75) is 19.8 Å². The van der Waals surface area contributed by atoms with Gasteiger partial charge in [-0.1, -0.05) is 25.1 Å². The van der Waals surface area contributed by atoms with Crippen LogP contribution in [0.5, 0.6) is 0 Å². The Hall–Kier alpha value is 0.310. The molecule has 0 saturated carbocycles. The number of halogens is 1. The Bertz CT molecular complexity index is 74.8. The van der Waals surface area contributed by atoms with Gasteiger partial charge in [-0.2, -0.15) is 0 Å². The Labute approximate surface area is 58.8 Å². The summed E-state index contributed by atoms with van der Waals surface area (Å²) >= 11 is 6.22. The molecular formula is C5H9ClOS. The summed E-state index contributed by atoms with van der Waals surface area (Å²) < 4.78 is -0.293. The van der Waals surface area contributed by atoms with Gasteiger partial charge in [-0.15, -0.1) is 0 Å². The molecule has 0 spiro atoms. The SMILES string of the molecule is CCCCSC(=O)Cl. The molecule has 0 aromatic carbocycles. The van der Waals surface area contributed by atoms with Crippen molar-refractivity contribution in [2.75, 3.05) is 5.75 Å². The van der Waals surface area contributed by atoms with Gasteiger partial charge in [-0.05, 0) is 18.0 Å². The quantitative estimate of drug-likeness (QED) is 0.457. The molecule has 0 aliphatic rings. The Morgan fingerprint density at radius 1 is 1.75 bits per heavy atom. The summed E-state index contributed by atoms with van der Waals surface area (Å²) in [6.45, 7) is 2.08. The molecule has 0 amide bonds. The van der Waals surface area contributed by atoms with E-state index in [1.54, 1.807) is 0 Å². The molecule has 0 atom stereocenters. The van der Waals surface area contributed by atoms with Gasteiger partial charge in [0.25, 0.3) is 4.57 Å². The fourth-order valence-electron chi connectivity index (χ4n) is 0.297. The zero-order valence-electron chi connectivity index (χ0n) is 4.82. The van der Waals surface area contributed by atoms with Crippen LogP contribution in [0.1, 0.15) is 19.8 Å². The summed E-state index contributed by atoms with van der Waals surface area (Å²) in [5.74, 6) is 0.860. The van der Waals surface area contributed by atoms with Crippen molar-refractivity contribution in [1.82, 2.24) is 0 Å². The lowest BCUT2D eigenvalue weighted by Crippen LogP contribution is -1.79. The van der Waals surface area contributed by atoms with Gasteiger partial charge in [0.1, 0.15) is 0 Å². The smallest absolute Gasteiger partial charge is 0.268 e. The number of carbonyl (C=O) groups excluding carboxylic acids is 1. The maximum absolute atomic E-state index is 10.0. The molecule has 0 aromatic heterocycles. The summed E-state index contributed by atoms with van der Waals surface area (Å²) in [6.07, 6.45) is 2.19. The first kappa shape index (κ1) is 8.31. The summed E-state index contributed by atoms with van der Waals surface area (Å²) in [4.78, 5) is 10.0. The standard InChI is InChI=1S/C5H9ClOS/c1-2-3-4-8-5(6)7/h2-4H2,1H3. The molecule has 0 fully saturated rings. The highest BCUT2D eigenvalue weighted by Crippen LogP contribution is 2.08. The minimum absolute atomic E-state index is 0.293. The van der Waals surface area contributed by atoms with E-state index in [1.165, 1.54) is 11.8 Å². The van der Waals surface area contributed by atoms with E-state index >= 15 is 0 Å². The van der Waals surface area contributed by atoms with Crippen LogP contribution in [0.2, 0.25) is 0 Å². The summed E-state index contributed by atoms with van der Waals surface area (Å²) in [5.41, 5.74) is 0. The van der Waals surface area contributed by atoms with E-state index in [1.807, 2.05) is 0 Å². The molecule has 0 radical (unpaired) electrons. The fourth-order valence-corrected chi connectivity index (χ4v) is 1.12. The average Bonchev–Trinajstić information content (AvgIpc) is 1.66. The topological polar surface area (TPSA) is 17.1 Å². The summed E-state index contributed by atoms with van der Waals surface area (Å²) in [6, 6.07) is 0. The second-order valence-electron chi connectivity index (χ2n) is 1.44. The van der Waals surface area contributed by atoms with Gasteiger partial charge in [0.05, 0.1) is 0 Å². The largest absolute Gasteiger partial charge is 0.279 e. The Balaban J connectivity index is 2.82. The molecule has 3 heteroatoms. The monoisotopic (exact) mass is 152 g/mol. The number of hydrogen-bond acceptors (Lipinski definition) is 2. The lowest BCUT2D eigenvalue weighted by molar-refractivity contribution is 0.276. The first-order valence-electron chi connectivity index (χ1n) is 2.59. The van der Waals surface area contributed by atoms with E-state index < -0.39 is 0 Å². The third kappa shape index (κ3) is 6.31. The molecule has 0 unspecified atom stereocenters. The van der Waals surface area contributed by atoms with Crippen LogP contribution < -0.4 is 0 Å². The van der Waals surface area contributed by atoms with Gasteiger partial charge >= 0.3 is 0 Å². The molecule has 0 aliphatic carbocycles. The van der Waals surface area contributed by atoms with Crippen LogP contribution in [-0.4, -0.2) is 10.3 Å². The van der Waals surface area contributed by atoms with E-state index in [0.717, 1.165) is 18.6 Å². The number of unbranched alkanes of at least 4 members (excludes halogenated alkanes) is 1. The van der Waals surface area contributed by atoms with Crippen LogP contribution in [-0.2, 0) is 0 Å². The zero-order chi connectivity index (χ0) is 6.41. The van der Waals surface area contributed by atoms with E-state index in [-0.39, 0.29) is 4.57 Å². The van der Waals surface area contributed by atoms with Crippen LogP contribution in [0.25, 0.3) is 0 Å². The minimum Gasteiger partial charge on any atom is -0.268 e. The van der Waals surface area contributed by atoms with Crippen LogP contribution in [0, 0.1) is 0 Å². The molecule has 0 rings (SSSR count). The van der Waals surface area contributed by atoms with Crippen molar-refractivity contribution >= 4 is 27.9 Å². The molecule has 0 heterocycles. The predicted octanol–water partition coefficient (Wildman–Crippen LogP) is 2.88. The molecule has 0 bridgehead atoms. The average molecular weight is 153 g/mol. The molecule has 0 saturated heterocycles. The minimum atomic E-state index is -0.293. The lowest BCUT2D eigenvalue weighted by atomic mass is 10.4. The predicted molar refractivity (Wildman–Crippen MR) is 38.6 cm³/mol. The van der Waals surface area contributed by atoms with Crippen LogP contribution in [0.3, 0.4) is 0 Å². The molecule has 0 aliphatic heterocycles. The van der Waals surface area contributed by atoms with Crippen LogP contribution in [0.4, 0.5) is 4.79 Å². The van der Waals surface area contributed by atoms with Crippen molar-refractivity contribution in [3.05, 3.63) is 0 Å². The molecule has 0 N–H and O–H groups in total. The Morgan fingerprint density at radius 2 is 2.38 bits per heavy atom. The highest BCUT2D eigenvalue weighted by molar-refractivity contribution is 8.16. The van der Waals surface area contributed by atoms with Gasteiger partial charge in [0.2, 0.25) is 0 Å². The Kier molecular flexibility index (Phi) is 5.66. The van der Waals surface area contributed by atoms with Crippen molar-refractivity contribution in [3.8, 4) is 0 Å². The first-order valence-corrected chi connectivity index (χ1v) is 3.96. The third-order valence-corrected chi connectivity index (χ3v) is 1.76. The van der Waals surface area contributed by atoms with Crippen molar-refractivity contribution in [3.63, 3.8) is 0 Å². The van der Waals surface area contributed by atoms with Crippen molar-refractivity contribution in [1.29, 1.82) is 0 Å². The lowest BCUT2D eigenvalue weighted by Gasteiger charge is -1.89. The number of thioether (sulfide) groups is 1. The van der Waals surface area contributed by atoms with Gasteiger partial charge in [-0.3, -0.25) is 4.79 Å². The second-order valence-corrected chi connectivity index (χ2v) is 3.07. The van der Waals surface area contributed by atoms with Crippen molar-refractivity contribution < 1.29 is 4.79 Å². The zero-order valence-corrected chi connectivity index (χ0v) is 6.39. The van der Waals surface area contributed by atoms with Crippen LogP contribution in [0.15, 0.2) is 0 Å². The maximum Gasteiger partial charge on any atom is 0.279 e. The number of hydrogen-bond donors (Lipinski definition) is 0. The van der Waals surface area contributed by atoms with E-state index in [9.17, 15) is 4.79 Å². The van der Waals surface area contributed by atoms with Crippen LogP contribution >= 0.6 is 23.4 Å². The van der Waals surface area contributed by atoms with Crippen molar-refractivity contribution in [2.24, 2.45) is 0 Å². The van der Waals surface area contributed by atoms with Gasteiger partial charge in [0.15, 0.2) is 0 Å². The Morgan fingerprint density at radius 3 is 2.75 bits per heavy atom. The van der Waals surface area contributed by atoms with Gasteiger partial charge in [-0.25, -0.2) is 0 Å². The van der Waals surface area contributed by atoms with E-state index in [2.05, 4.69) is 6.92 Å². The van der Waals surface area contributed by atoms with E-state index in [4.69, 9.17) is 11.6 Å². The number of carbonyl (C=O) groups is 1. The normalized spacial score (nSPS) is 9.25. The molecule has 48 valence electrons. The number of rotatable bonds is 3. The van der Waals surface area contributed by atoms with Gasteiger partial charge < -0.3 is 0 Å². The maximum atomic E-state index is 10.0. The summed E-state index contributed by atoms with van der Waals surface area (Å²) in [7, 11) is 0. The molecular weight excluding hydrogens is 144 g/mol. The highest BCUT2D eigenvalue weighted by atomic mass is 35.5. The third-order valence-electron chi connectivity index (χ3n) is 0.713. The summed E-state index contributed by atoms with van der Waals surface area (Å²) in [5, 5.41) is 0. The first-order chi connectivity index (χ1) is 3.77. The highest BCUT2D eigenvalue weighted by Gasteiger charge is 1.92. The molecule has 8 heavy (non-hydrogen) atoms. The molecule has 0 aromatic rings. The van der Waals surface area contributed by atoms with Gasteiger partial charge in [0, 0.05) is 5.75 Å². The second kappa shape index (κ2) is 5.45. The fraction of sp³-hybridized carbons (Fsp3) is 0.800. The molecule has 1 nitrogen and oxygen atoms in total.